The molecule has 21 heavy (non-hydrogen) atoms. The van der Waals surface area contributed by atoms with Crippen molar-refractivity contribution in [1.29, 1.82) is 0 Å². The normalized spacial score (nSPS) is 10.2. The number of rotatable bonds is 6. The minimum atomic E-state index is -0.464. The number of nitrogens with one attached hydrogen (secondary N) is 1. The van der Waals surface area contributed by atoms with Gasteiger partial charge in [0.05, 0.1) is 11.0 Å². The van der Waals surface area contributed by atoms with Crippen LogP contribution in [0, 0.1) is 10.1 Å². The smallest absolute Gasteiger partial charge is 0.273 e. The largest absolute Gasteiger partial charge is 0.439 e. The lowest BCUT2D eigenvalue weighted by Crippen LogP contribution is -2.04. The second kappa shape index (κ2) is 6.65. The minimum absolute atomic E-state index is 0.0239. The molecule has 1 aromatic carbocycles. The summed E-state index contributed by atoms with van der Waals surface area (Å²) in [5.74, 6) is 2.05. The summed E-state index contributed by atoms with van der Waals surface area (Å²) < 4.78 is 5.60. The molecule has 0 fully saturated rings. The Morgan fingerprint density at radius 1 is 1.29 bits per heavy atom. The molecule has 110 valence electrons. The quantitative estimate of drug-likeness (QED) is 0.648. The van der Waals surface area contributed by atoms with Crippen LogP contribution in [-0.4, -0.2) is 21.4 Å². The Morgan fingerprint density at radius 3 is 2.76 bits per heavy atom. The van der Waals surface area contributed by atoms with Crippen LogP contribution in [-0.2, 0) is 6.42 Å². The number of non-ortho nitro benzene ring substituents is 1. The van der Waals surface area contributed by atoms with Gasteiger partial charge >= 0.3 is 0 Å². The third-order valence-corrected chi connectivity index (χ3v) is 2.67. The van der Waals surface area contributed by atoms with E-state index in [1.54, 1.807) is 18.2 Å². The summed E-state index contributed by atoms with van der Waals surface area (Å²) in [6, 6.07) is 7.66. The van der Waals surface area contributed by atoms with Gasteiger partial charge in [-0.25, -0.2) is 4.98 Å². The van der Waals surface area contributed by atoms with Crippen molar-refractivity contribution in [1.82, 2.24) is 9.97 Å². The molecule has 7 nitrogen and oxygen atoms in total. The molecule has 0 spiro atoms. The number of ether oxygens (including phenoxy) is 1. The summed E-state index contributed by atoms with van der Waals surface area (Å²) in [5.41, 5.74) is -0.0239. The van der Waals surface area contributed by atoms with E-state index in [1.807, 2.05) is 13.8 Å². The maximum absolute atomic E-state index is 10.8. The minimum Gasteiger partial charge on any atom is -0.439 e. The number of nitrogens with zero attached hydrogens (tertiary/aromatic N) is 3. The van der Waals surface area contributed by atoms with Gasteiger partial charge in [-0.3, -0.25) is 10.1 Å². The standard InChI is InChI=1S/C14H16N4O3/c1-3-12-16-13(15-4-2)9-14(17-12)21-11-7-5-6-10(8-11)18(19)20/h5-9H,3-4H2,1-2H3,(H,15,16,17). The van der Waals surface area contributed by atoms with Crippen LogP contribution in [0.25, 0.3) is 0 Å². The fourth-order valence-corrected chi connectivity index (χ4v) is 1.74. The van der Waals surface area contributed by atoms with Crippen molar-refractivity contribution in [3.8, 4) is 11.6 Å². The number of aromatic nitrogens is 2. The van der Waals surface area contributed by atoms with E-state index in [0.29, 0.717) is 29.7 Å². The number of hydrogen-bond acceptors (Lipinski definition) is 6. The van der Waals surface area contributed by atoms with Gasteiger partial charge < -0.3 is 10.1 Å². The van der Waals surface area contributed by atoms with E-state index < -0.39 is 4.92 Å². The lowest BCUT2D eigenvalue weighted by Gasteiger charge is -2.09. The monoisotopic (exact) mass is 288 g/mol. The number of benzene rings is 1. The number of nitro benzene ring substituents is 1. The molecule has 0 radical (unpaired) electrons. The third-order valence-electron chi connectivity index (χ3n) is 2.67. The Labute approximate surface area is 122 Å². The Bertz CT molecular complexity index is 646. The van der Waals surface area contributed by atoms with E-state index in [9.17, 15) is 10.1 Å². The predicted octanol–water partition coefficient (Wildman–Crippen LogP) is 3.17. The van der Waals surface area contributed by atoms with Crippen molar-refractivity contribution in [3.63, 3.8) is 0 Å². The summed E-state index contributed by atoms with van der Waals surface area (Å²) >= 11 is 0. The van der Waals surface area contributed by atoms with Gasteiger partial charge in [0.1, 0.15) is 17.4 Å². The second-order valence-corrected chi connectivity index (χ2v) is 4.25. The van der Waals surface area contributed by atoms with Crippen LogP contribution in [0.3, 0.4) is 0 Å². The van der Waals surface area contributed by atoms with Crippen molar-refractivity contribution in [2.24, 2.45) is 0 Å². The highest BCUT2D eigenvalue weighted by molar-refractivity contribution is 5.42. The predicted molar refractivity (Wildman–Crippen MR) is 78.7 cm³/mol. The van der Waals surface area contributed by atoms with Crippen LogP contribution in [0.5, 0.6) is 11.6 Å². The van der Waals surface area contributed by atoms with Crippen LogP contribution in [0.4, 0.5) is 11.5 Å². The van der Waals surface area contributed by atoms with Crippen LogP contribution >= 0.6 is 0 Å². The van der Waals surface area contributed by atoms with Crippen molar-refractivity contribution in [3.05, 3.63) is 46.3 Å². The first-order valence-electron chi connectivity index (χ1n) is 6.66. The fourth-order valence-electron chi connectivity index (χ4n) is 1.74. The molecule has 0 saturated carbocycles. The molecule has 0 aliphatic carbocycles. The van der Waals surface area contributed by atoms with Gasteiger partial charge in [-0.2, -0.15) is 4.98 Å². The number of nitro groups is 1. The topological polar surface area (TPSA) is 90.2 Å². The maximum Gasteiger partial charge on any atom is 0.273 e. The van der Waals surface area contributed by atoms with Gasteiger partial charge in [-0.15, -0.1) is 0 Å². The maximum atomic E-state index is 10.8. The van der Waals surface area contributed by atoms with Crippen molar-refractivity contribution < 1.29 is 9.66 Å². The Kier molecular flexibility index (Phi) is 4.65. The van der Waals surface area contributed by atoms with E-state index in [0.717, 1.165) is 6.54 Å². The SMILES string of the molecule is CCNc1cc(Oc2cccc([N+](=O)[O-])c2)nc(CC)n1. The Morgan fingerprint density at radius 2 is 2.10 bits per heavy atom. The zero-order chi connectivity index (χ0) is 15.2. The molecular formula is C14H16N4O3. The van der Waals surface area contributed by atoms with Crippen LogP contribution < -0.4 is 10.1 Å². The fraction of sp³-hybridized carbons (Fsp3) is 0.286. The number of hydrogen-bond donors (Lipinski definition) is 1. The van der Waals surface area contributed by atoms with E-state index >= 15 is 0 Å². The highest BCUT2D eigenvalue weighted by atomic mass is 16.6. The average Bonchev–Trinajstić information content (AvgIpc) is 2.47. The first-order chi connectivity index (χ1) is 10.1. The summed E-state index contributed by atoms with van der Waals surface area (Å²) in [6.45, 7) is 4.65. The van der Waals surface area contributed by atoms with Gasteiger partial charge in [-0.1, -0.05) is 13.0 Å². The van der Waals surface area contributed by atoms with Gasteiger partial charge in [0.15, 0.2) is 0 Å². The summed E-state index contributed by atoms with van der Waals surface area (Å²) in [5, 5.41) is 13.9. The van der Waals surface area contributed by atoms with E-state index in [4.69, 9.17) is 4.74 Å². The lowest BCUT2D eigenvalue weighted by molar-refractivity contribution is -0.384. The molecule has 0 atom stereocenters. The van der Waals surface area contributed by atoms with Crippen molar-refractivity contribution in [2.45, 2.75) is 20.3 Å². The van der Waals surface area contributed by atoms with Crippen molar-refractivity contribution >= 4 is 11.5 Å². The second-order valence-electron chi connectivity index (χ2n) is 4.25. The lowest BCUT2D eigenvalue weighted by atomic mass is 10.3. The number of anilines is 1. The Balaban J connectivity index is 2.27. The van der Waals surface area contributed by atoms with Crippen LogP contribution in [0.2, 0.25) is 0 Å². The zero-order valence-corrected chi connectivity index (χ0v) is 11.9. The molecule has 0 aliphatic rings. The average molecular weight is 288 g/mol. The molecule has 0 aliphatic heterocycles. The zero-order valence-electron chi connectivity index (χ0n) is 11.9. The molecule has 0 bridgehead atoms. The van der Waals surface area contributed by atoms with E-state index in [2.05, 4.69) is 15.3 Å². The molecule has 1 heterocycles. The molecule has 2 aromatic rings. The van der Waals surface area contributed by atoms with Gasteiger partial charge in [0.25, 0.3) is 5.69 Å². The van der Waals surface area contributed by atoms with Crippen LogP contribution in [0.15, 0.2) is 30.3 Å². The van der Waals surface area contributed by atoms with Gasteiger partial charge in [-0.05, 0) is 13.0 Å². The highest BCUT2D eigenvalue weighted by Gasteiger charge is 2.09. The molecule has 2 rings (SSSR count). The summed E-state index contributed by atoms with van der Waals surface area (Å²) in [7, 11) is 0. The Hall–Kier alpha value is -2.70. The molecule has 0 saturated heterocycles. The molecule has 1 aromatic heterocycles. The molecule has 7 heteroatoms. The number of aryl methyl sites for hydroxylation is 1. The molecule has 0 unspecified atom stereocenters. The van der Waals surface area contributed by atoms with Gasteiger partial charge in [0, 0.05) is 25.1 Å². The van der Waals surface area contributed by atoms with Crippen LogP contribution in [0.1, 0.15) is 19.7 Å². The first-order valence-corrected chi connectivity index (χ1v) is 6.66. The molecule has 0 amide bonds. The summed E-state index contributed by atoms with van der Waals surface area (Å²) in [4.78, 5) is 18.9. The van der Waals surface area contributed by atoms with E-state index in [1.165, 1.54) is 12.1 Å². The van der Waals surface area contributed by atoms with Gasteiger partial charge in [0.2, 0.25) is 5.88 Å². The summed E-state index contributed by atoms with van der Waals surface area (Å²) in [6.07, 6.45) is 0.671. The van der Waals surface area contributed by atoms with E-state index in [-0.39, 0.29) is 5.69 Å². The van der Waals surface area contributed by atoms with Crippen molar-refractivity contribution in [2.75, 3.05) is 11.9 Å². The third kappa shape index (κ3) is 3.88. The first kappa shape index (κ1) is 14.7. The molecule has 1 N–H and O–H groups in total. The highest BCUT2D eigenvalue weighted by Crippen LogP contribution is 2.25. The molecular weight excluding hydrogens is 272 g/mol.